The Bertz CT molecular complexity index is 469. The Balaban J connectivity index is 0.00000441. The normalized spacial score (nSPS) is 12.0. The summed E-state index contributed by atoms with van der Waals surface area (Å²) in [7, 11) is 2.03. The molecule has 0 aromatic heterocycles. The summed E-state index contributed by atoms with van der Waals surface area (Å²) in [6.07, 6.45) is 0. The summed E-state index contributed by atoms with van der Waals surface area (Å²) in [5.74, 6) is -0.252. The molecule has 0 aliphatic heterocycles. The van der Waals surface area contributed by atoms with E-state index in [1.165, 1.54) is 5.56 Å². The first-order chi connectivity index (χ1) is 9.51. The van der Waals surface area contributed by atoms with Crippen LogP contribution in [0.25, 0.3) is 0 Å². The summed E-state index contributed by atoms with van der Waals surface area (Å²) < 4.78 is 5.34. The second-order valence-corrected chi connectivity index (χ2v) is 7.56. The second kappa shape index (κ2) is 7.98. The van der Waals surface area contributed by atoms with Crippen molar-refractivity contribution >= 4 is 18.4 Å². The van der Waals surface area contributed by atoms with Crippen molar-refractivity contribution in [2.75, 3.05) is 20.2 Å². The number of carbonyl (C=O) groups is 1. The van der Waals surface area contributed by atoms with Gasteiger partial charge in [-0.1, -0.05) is 32.9 Å². The van der Waals surface area contributed by atoms with Crippen LogP contribution in [0.15, 0.2) is 24.3 Å². The maximum atomic E-state index is 12.0. The lowest BCUT2D eigenvalue weighted by Crippen LogP contribution is -2.40. The summed E-state index contributed by atoms with van der Waals surface area (Å²) in [4.78, 5) is 14.2. The van der Waals surface area contributed by atoms with E-state index in [0.717, 1.165) is 6.54 Å². The summed E-state index contributed by atoms with van der Waals surface area (Å²) in [5, 5.41) is 0. The van der Waals surface area contributed by atoms with E-state index in [1.54, 1.807) is 0 Å². The molecule has 1 aromatic rings. The largest absolute Gasteiger partial charge is 0.461 e. The van der Waals surface area contributed by atoms with E-state index in [9.17, 15) is 4.79 Å². The van der Waals surface area contributed by atoms with E-state index < -0.39 is 0 Å². The number of hydrogen-bond donors (Lipinski definition) is 0. The summed E-state index contributed by atoms with van der Waals surface area (Å²) in [5.41, 5.74) is 2.01. The molecule has 0 bridgehead atoms. The lowest BCUT2D eigenvalue weighted by molar-refractivity contribution is 0.0423. The predicted octanol–water partition coefficient (Wildman–Crippen LogP) is 4.29. The molecular weight excluding hydrogens is 298 g/mol. The number of ether oxygens (including phenoxy) is 1. The molecule has 0 aliphatic carbocycles. The Morgan fingerprint density at radius 1 is 1.05 bits per heavy atom. The van der Waals surface area contributed by atoms with Crippen LogP contribution >= 0.6 is 12.4 Å². The van der Waals surface area contributed by atoms with Crippen molar-refractivity contribution in [1.29, 1.82) is 0 Å². The average Bonchev–Trinajstić information content (AvgIpc) is 2.36. The molecule has 0 radical (unpaired) electrons. The number of carbonyl (C=O) groups excluding carboxylic acids is 1. The first-order valence-electron chi connectivity index (χ1n) is 7.51. The molecule has 0 aliphatic rings. The van der Waals surface area contributed by atoms with Gasteiger partial charge in [0.05, 0.1) is 5.56 Å². The molecule has 0 N–H and O–H groups in total. The SMILES string of the molecule is CN(CCOC(=O)c1ccc(C(C)(C)C)cc1)C(C)(C)C.Cl. The minimum atomic E-state index is -0.252. The topological polar surface area (TPSA) is 29.5 Å². The standard InChI is InChI=1S/C18H29NO2.ClH/c1-17(2,3)15-10-8-14(9-11-15)16(20)21-13-12-19(7)18(4,5)6;/h8-11H,12-13H2,1-7H3;1H. The molecule has 0 amide bonds. The zero-order valence-electron chi connectivity index (χ0n) is 14.9. The van der Waals surface area contributed by atoms with Gasteiger partial charge < -0.3 is 4.74 Å². The highest BCUT2D eigenvalue weighted by molar-refractivity contribution is 5.89. The lowest BCUT2D eigenvalue weighted by atomic mass is 9.87. The highest BCUT2D eigenvalue weighted by Crippen LogP contribution is 2.22. The minimum Gasteiger partial charge on any atom is -0.461 e. The molecule has 126 valence electrons. The Labute approximate surface area is 141 Å². The Morgan fingerprint density at radius 3 is 1.95 bits per heavy atom. The summed E-state index contributed by atoms with van der Waals surface area (Å²) in [6.45, 7) is 14.0. The van der Waals surface area contributed by atoms with Crippen LogP contribution in [0.1, 0.15) is 57.5 Å². The monoisotopic (exact) mass is 327 g/mol. The smallest absolute Gasteiger partial charge is 0.338 e. The van der Waals surface area contributed by atoms with Gasteiger partial charge >= 0.3 is 5.97 Å². The van der Waals surface area contributed by atoms with Gasteiger partial charge in [0.1, 0.15) is 6.61 Å². The summed E-state index contributed by atoms with van der Waals surface area (Å²) >= 11 is 0. The third-order valence-corrected chi connectivity index (χ3v) is 3.79. The van der Waals surface area contributed by atoms with Gasteiger partial charge in [0.25, 0.3) is 0 Å². The highest BCUT2D eigenvalue weighted by atomic mass is 35.5. The third-order valence-electron chi connectivity index (χ3n) is 3.79. The van der Waals surface area contributed by atoms with Crippen molar-refractivity contribution in [3.05, 3.63) is 35.4 Å². The second-order valence-electron chi connectivity index (χ2n) is 7.56. The molecule has 22 heavy (non-hydrogen) atoms. The number of nitrogens with zero attached hydrogens (tertiary/aromatic N) is 1. The molecule has 0 heterocycles. The predicted molar refractivity (Wildman–Crippen MR) is 95.1 cm³/mol. The lowest BCUT2D eigenvalue weighted by Gasteiger charge is -2.31. The van der Waals surface area contributed by atoms with Crippen molar-refractivity contribution in [2.45, 2.75) is 52.5 Å². The number of benzene rings is 1. The van der Waals surface area contributed by atoms with Crippen molar-refractivity contribution < 1.29 is 9.53 Å². The number of rotatable bonds is 4. The van der Waals surface area contributed by atoms with Crippen molar-refractivity contribution in [3.63, 3.8) is 0 Å². The van der Waals surface area contributed by atoms with E-state index in [4.69, 9.17) is 4.74 Å². The Kier molecular flexibility index (Phi) is 7.60. The van der Waals surface area contributed by atoms with Crippen molar-refractivity contribution in [2.24, 2.45) is 0 Å². The first-order valence-corrected chi connectivity index (χ1v) is 7.51. The van der Waals surface area contributed by atoms with Crippen LogP contribution < -0.4 is 0 Å². The Morgan fingerprint density at radius 2 is 1.55 bits per heavy atom. The zero-order chi connectivity index (χ0) is 16.3. The van der Waals surface area contributed by atoms with Gasteiger partial charge in [-0.3, -0.25) is 4.90 Å². The van der Waals surface area contributed by atoms with Crippen LogP contribution in [-0.4, -0.2) is 36.6 Å². The van der Waals surface area contributed by atoms with Crippen molar-refractivity contribution in [3.8, 4) is 0 Å². The third kappa shape index (κ3) is 6.37. The molecule has 3 nitrogen and oxygen atoms in total. The highest BCUT2D eigenvalue weighted by Gasteiger charge is 2.18. The van der Waals surface area contributed by atoms with E-state index in [0.29, 0.717) is 12.2 Å². The fraction of sp³-hybridized carbons (Fsp3) is 0.611. The van der Waals surface area contributed by atoms with Crippen LogP contribution in [0.3, 0.4) is 0 Å². The number of likely N-dealkylation sites (N-methyl/N-ethyl adjacent to an activating group) is 1. The number of hydrogen-bond acceptors (Lipinski definition) is 3. The maximum absolute atomic E-state index is 12.0. The fourth-order valence-electron chi connectivity index (χ4n) is 1.80. The first kappa shape index (κ1) is 20.9. The zero-order valence-corrected chi connectivity index (χ0v) is 15.7. The molecule has 0 spiro atoms. The van der Waals surface area contributed by atoms with Gasteiger partial charge in [-0.2, -0.15) is 0 Å². The molecule has 0 saturated heterocycles. The van der Waals surface area contributed by atoms with Crippen molar-refractivity contribution in [1.82, 2.24) is 4.90 Å². The van der Waals surface area contributed by atoms with Crippen LogP contribution in [0, 0.1) is 0 Å². The maximum Gasteiger partial charge on any atom is 0.338 e. The molecular formula is C18H30ClNO2. The van der Waals surface area contributed by atoms with E-state index in [-0.39, 0.29) is 29.3 Å². The van der Waals surface area contributed by atoms with E-state index in [1.807, 2.05) is 31.3 Å². The van der Waals surface area contributed by atoms with E-state index in [2.05, 4.69) is 46.4 Å². The van der Waals surface area contributed by atoms with Gasteiger partial charge in [0.2, 0.25) is 0 Å². The summed E-state index contributed by atoms with van der Waals surface area (Å²) in [6, 6.07) is 7.68. The van der Waals surface area contributed by atoms with Gasteiger partial charge in [-0.15, -0.1) is 12.4 Å². The molecule has 0 saturated carbocycles. The Hall–Kier alpha value is -1.06. The molecule has 0 unspecified atom stereocenters. The number of halogens is 1. The molecule has 1 rings (SSSR count). The van der Waals surface area contributed by atoms with Gasteiger partial charge in [-0.25, -0.2) is 4.79 Å². The fourth-order valence-corrected chi connectivity index (χ4v) is 1.80. The average molecular weight is 328 g/mol. The van der Waals surface area contributed by atoms with Gasteiger partial charge in [-0.05, 0) is 50.9 Å². The minimum absolute atomic E-state index is 0. The van der Waals surface area contributed by atoms with Crippen LogP contribution in [-0.2, 0) is 10.2 Å². The van der Waals surface area contributed by atoms with E-state index >= 15 is 0 Å². The molecule has 0 fully saturated rings. The van der Waals surface area contributed by atoms with Crippen LogP contribution in [0.2, 0.25) is 0 Å². The van der Waals surface area contributed by atoms with Gasteiger partial charge in [0.15, 0.2) is 0 Å². The number of esters is 1. The molecule has 4 heteroatoms. The van der Waals surface area contributed by atoms with Gasteiger partial charge in [0, 0.05) is 12.1 Å². The molecule has 0 atom stereocenters. The van der Waals surface area contributed by atoms with Crippen LogP contribution in [0.4, 0.5) is 0 Å². The van der Waals surface area contributed by atoms with Crippen LogP contribution in [0.5, 0.6) is 0 Å². The molecule has 1 aromatic carbocycles. The quantitative estimate of drug-likeness (QED) is 0.772.